The molecule has 0 aliphatic carbocycles. The number of hydrogen-bond donors (Lipinski definition) is 2. The Labute approximate surface area is 107 Å². The molecule has 0 aliphatic rings. The summed E-state index contributed by atoms with van der Waals surface area (Å²) in [5, 5.41) is 5.05. The molecule has 1 amide bonds. The van der Waals surface area contributed by atoms with Crippen molar-refractivity contribution in [3.05, 3.63) is 22.4 Å². The van der Waals surface area contributed by atoms with Crippen LogP contribution in [0.3, 0.4) is 0 Å². The summed E-state index contributed by atoms with van der Waals surface area (Å²) >= 11 is 1.67. The van der Waals surface area contributed by atoms with Gasteiger partial charge < -0.3 is 11.1 Å². The Kier molecular flexibility index (Phi) is 5.65. The number of carbonyl (C=O) groups is 1. The third kappa shape index (κ3) is 4.48. The van der Waals surface area contributed by atoms with Gasteiger partial charge in [0.25, 0.3) is 0 Å². The van der Waals surface area contributed by atoms with Crippen LogP contribution in [-0.2, 0) is 4.79 Å². The molecule has 1 heterocycles. The molecule has 1 aromatic heterocycles. The molecule has 17 heavy (non-hydrogen) atoms. The first-order valence-corrected chi connectivity index (χ1v) is 7.01. The highest BCUT2D eigenvalue weighted by Crippen LogP contribution is 2.21. The Hall–Kier alpha value is -0.870. The minimum atomic E-state index is -0.399. The molecular formula is C13H22N2OS. The van der Waals surface area contributed by atoms with E-state index >= 15 is 0 Å². The maximum Gasteiger partial charge on any atom is 0.237 e. The van der Waals surface area contributed by atoms with Crippen molar-refractivity contribution >= 4 is 17.2 Å². The minimum Gasteiger partial charge on any atom is -0.347 e. The monoisotopic (exact) mass is 254 g/mol. The molecular weight excluding hydrogens is 232 g/mol. The number of nitrogens with one attached hydrogen (secondary N) is 1. The molecule has 0 saturated carbocycles. The van der Waals surface area contributed by atoms with Crippen LogP contribution in [-0.4, -0.2) is 11.9 Å². The fourth-order valence-electron chi connectivity index (χ4n) is 1.76. The molecule has 0 fully saturated rings. The summed E-state index contributed by atoms with van der Waals surface area (Å²) in [5.41, 5.74) is 5.87. The van der Waals surface area contributed by atoms with Crippen molar-refractivity contribution in [2.45, 2.75) is 45.7 Å². The highest BCUT2D eigenvalue weighted by Gasteiger charge is 2.19. The number of nitrogens with two attached hydrogens (primary N) is 1. The van der Waals surface area contributed by atoms with Crippen molar-refractivity contribution in [1.29, 1.82) is 0 Å². The molecule has 0 aliphatic heterocycles. The van der Waals surface area contributed by atoms with Gasteiger partial charge in [0.15, 0.2) is 0 Å². The first kappa shape index (κ1) is 14.2. The van der Waals surface area contributed by atoms with Gasteiger partial charge >= 0.3 is 0 Å². The molecule has 1 aromatic rings. The Bertz CT molecular complexity index is 335. The normalized spacial score (nSPS) is 14.6. The van der Waals surface area contributed by atoms with Crippen LogP contribution in [0, 0.1) is 5.92 Å². The summed E-state index contributed by atoms with van der Waals surface area (Å²) in [4.78, 5) is 13.1. The minimum absolute atomic E-state index is 0.0426. The van der Waals surface area contributed by atoms with Crippen LogP contribution in [0.15, 0.2) is 17.5 Å². The van der Waals surface area contributed by atoms with Gasteiger partial charge in [-0.2, -0.15) is 0 Å². The Morgan fingerprint density at radius 1 is 1.53 bits per heavy atom. The van der Waals surface area contributed by atoms with Gasteiger partial charge in [0, 0.05) is 4.88 Å². The van der Waals surface area contributed by atoms with Gasteiger partial charge in [0.1, 0.15) is 0 Å². The van der Waals surface area contributed by atoms with Crippen molar-refractivity contribution in [1.82, 2.24) is 5.32 Å². The lowest BCUT2D eigenvalue weighted by Gasteiger charge is -2.19. The maximum atomic E-state index is 11.9. The molecule has 0 bridgehead atoms. The summed E-state index contributed by atoms with van der Waals surface area (Å²) in [7, 11) is 0. The van der Waals surface area contributed by atoms with Crippen molar-refractivity contribution < 1.29 is 4.79 Å². The quantitative estimate of drug-likeness (QED) is 0.820. The number of thiophene rings is 1. The van der Waals surface area contributed by atoms with E-state index in [0.717, 1.165) is 12.8 Å². The zero-order valence-electron chi connectivity index (χ0n) is 10.8. The van der Waals surface area contributed by atoms with E-state index in [9.17, 15) is 4.79 Å². The van der Waals surface area contributed by atoms with Gasteiger partial charge in [-0.05, 0) is 30.2 Å². The Morgan fingerprint density at radius 3 is 2.71 bits per heavy atom. The van der Waals surface area contributed by atoms with Gasteiger partial charge in [-0.15, -0.1) is 11.3 Å². The third-order valence-corrected chi connectivity index (χ3v) is 3.66. The van der Waals surface area contributed by atoms with E-state index in [0.29, 0.717) is 5.92 Å². The highest BCUT2D eigenvalue weighted by atomic mass is 32.1. The topological polar surface area (TPSA) is 55.1 Å². The van der Waals surface area contributed by atoms with E-state index in [4.69, 9.17) is 5.73 Å². The van der Waals surface area contributed by atoms with E-state index < -0.39 is 6.04 Å². The average Bonchev–Trinajstić information content (AvgIpc) is 2.77. The standard InChI is InChI=1S/C13H22N2OS/c1-4-11(12-6-5-7-17-12)15-13(16)10(14)8-9(2)3/h5-7,9-11H,4,8,14H2,1-3H3,(H,15,16)/t10-,11?/m0/s1. The van der Waals surface area contributed by atoms with Gasteiger partial charge in [0.05, 0.1) is 12.1 Å². The number of amides is 1. The lowest BCUT2D eigenvalue weighted by molar-refractivity contribution is -0.123. The second kappa shape index (κ2) is 6.77. The average molecular weight is 254 g/mol. The van der Waals surface area contributed by atoms with Gasteiger partial charge in [-0.1, -0.05) is 26.8 Å². The van der Waals surface area contributed by atoms with Crippen LogP contribution in [0.1, 0.15) is 44.5 Å². The summed E-state index contributed by atoms with van der Waals surface area (Å²) < 4.78 is 0. The van der Waals surface area contributed by atoms with Crippen LogP contribution >= 0.6 is 11.3 Å². The zero-order chi connectivity index (χ0) is 12.8. The van der Waals surface area contributed by atoms with Crippen LogP contribution in [0.4, 0.5) is 0 Å². The van der Waals surface area contributed by atoms with Crippen LogP contribution in [0.2, 0.25) is 0 Å². The molecule has 0 saturated heterocycles. The van der Waals surface area contributed by atoms with Crippen molar-refractivity contribution in [2.75, 3.05) is 0 Å². The number of rotatable bonds is 6. The van der Waals surface area contributed by atoms with Crippen LogP contribution in [0.25, 0.3) is 0 Å². The van der Waals surface area contributed by atoms with Crippen molar-refractivity contribution in [3.8, 4) is 0 Å². The lowest BCUT2D eigenvalue weighted by Crippen LogP contribution is -2.42. The van der Waals surface area contributed by atoms with Crippen LogP contribution < -0.4 is 11.1 Å². The van der Waals surface area contributed by atoms with Crippen molar-refractivity contribution in [2.24, 2.45) is 11.7 Å². The first-order valence-electron chi connectivity index (χ1n) is 6.14. The van der Waals surface area contributed by atoms with Crippen molar-refractivity contribution in [3.63, 3.8) is 0 Å². The molecule has 96 valence electrons. The Morgan fingerprint density at radius 2 is 2.24 bits per heavy atom. The van der Waals surface area contributed by atoms with E-state index in [-0.39, 0.29) is 11.9 Å². The highest BCUT2D eigenvalue weighted by molar-refractivity contribution is 7.10. The second-order valence-electron chi connectivity index (χ2n) is 4.72. The molecule has 4 heteroatoms. The molecule has 0 radical (unpaired) electrons. The molecule has 1 unspecified atom stereocenters. The largest absolute Gasteiger partial charge is 0.347 e. The van der Waals surface area contributed by atoms with E-state index in [1.807, 2.05) is 17.5 Å². The van der Waals surface area contributed by atoms with Gasteiger partial charge in [-0.3, -0.25) is 4.79 Å². The summed E-state index contributed by atoms with van der Waals surface area (Å²) in [5.74, 6) is 0.400. The SMILES string of the molecule is CCC(NC(=O)[C@@H](N)CC(C)C)c1cccs1. The van der Waals surface area contributed by atoms with Gasteiger partial charge in [-0.25, -0.2) is 0 Å². The molecule has 2 atom stereocenters. The summed E-state index contributed by atoms with van der Waals surface area (Å²) in [6, 6.07) is 3.75. The fraction of sp³-hybridized carbons (Fsp3) is 0.615. The first-order chi connectivity index (χ1) is 8.04. The zero-order valence-corrected chi connectivity index (χ0v) is 11.6. The number of hydrogen-bond acceptors (Lipinski definition) is 3. The molecule has 0 spiro atoms. The number of carbonyl (C=O) groups excluding carboxylic acids is 1. The predicted molar refractivity (Wildman–Crippen MR) is 72.9 cm³/mol. The molecule has 0 aromatic carbocycles. The predicted octanol–water partition coefficient (Wildman–Crippen LogP) is 2.69. The molecule has 1 rings (SSSR count). The van der Waals surface area contributed by atoms with Crippen LogP contribution in [0.5, 0.6) is 0 Å². The summed E-state index contributed by atoms with van der Waals surface area (Å²) in [6.07, 6.45) is 1.62. The van der Waals surface area contributed by atoms with Gasteiger partial charge in [0.2, 0.25) is 5.91 Å². The van der Waals surface area contributed by atoms with E-state index in [2.05, 4.69) is 26.1 Å². The maximum absolute atomic E-state index is 11.9. The van der Waals surface area contributed by atoms with E-state index in [1.165, 1.54) is 4.88 Å². The smallest absolute Gasteiger partial charge is 0.237 e. The molecule has 3 N–H and O–H groups in total. The Balaban J connectivity index is 2.54. The fourth-order valence-corrected chi connectivity index (χ4v) is 2.62. The van der Waals surface area contributed by atoms with E-state index in [1.54, 1.807) is 11.3 Å². The lowest BCUT2D eigenvalue weighted by atomic mass is 10.0. The molecule has 3 nitrogen and oxygen atoms in total. The third-order valence-electron chi connectivity index (χ3n) is 2.67. The summed E-state index contributed by atoms with van der Waals surface area (Å²) in [6.45, 7) is 6.21. The second-order valence-corrected chi connectivity index (χ2v) is 5.70.